The number of halogens is 1. The van der Waals surface area contributed by atoms with Gasteiger partial charge in [0, 0.05) is 20.0 Å². The Bertz CT molecular complexity index is 1020. The molecular formula is C14H14FN5O2S. The Labute approximate surface area is 134 Å². The third kappa shape index (κ3) is 2.74. The summed E-state index contributed by atoms with van der Waals surface area (Å²) in [5, 5.41) is 9.64. The van der Waals surface area contributed by atoms with Crippen LogP contribution in [0.1, 0.15) is 13.3 Å². The third-order valence-electron chi connectivity index (χ3n) is 3.50. The van der Waals surface area contributed by atoms with Crippen molar-refractivity contribution in [2.45, 2.75) is 19.9 Å². The number of aromatic amines is 1. The zero-order chi connectivity index (χ0) is 16.6. The van der Waals surface area contributed by atoms with Crippen molar-refractivity contribution >= 4 is 34.8 Å². The van der Waals surface area contributed by atoms with Crippen LogP contribution >= 0.6 is 12.2 Å². The maximum atomic E-state index is 13.5. The SMILES string of the molecule is CC(=O)NCCCn1c(=O)c2cc(F)ccc2n2c(=S)[nH]nc12. The summed E-state index contributed by atoms with van der Waals surface area (Å²) >= 11 is 5.20. The molecule has 0 unspecified atom stereocenters. The minimum atomic E-state index is -0.492. The first-order valence-corrected chi connectivity index (χ1v) is 7.43. The molecule has 0 atom stereocenters. The molecule has 7 nitrogen and oxygen atoms in total. The summed E-state index contributed by atoms with van der Waals surface area (Å²) in [7, 11) is 0. The standard InChI is InChI=1S/C14H14FN5O2S/c1-8(21)16-5-2-6-19-12(22)10-7-9(15)3-4-11(10)20-13(19)17-18-14(20)23/h3-4,7H,2,5-6H2,1H3,(H,16,21)(H,18,23). The van der Waals surface area contributed by atoms with Crippen molar-refractivity contribution in [3.8, 4) is 0 Å². The molecule has 1 aromatic carbocycles. The molecule has 9 heteroatoms. The van der Waals surface area contributed by atoms with Crippen LogP contribution in [-0.4, -0.2) is 31.6 Å². The lowest BCUT2D eigenvalue weighted by Crippen LogP contribution is -2.27. The van der Waals surface area contributed by atoms with E-state index in [9.17, 15) is 14.0 Å². The molecule has 0 spiro atoms. The van der Waals surface area contributed by atoms with Crippen molar-refractivity contribution in [1.29, 1.82) is 0 Å². The van der Waals surface area contributed by atoms with Crippen LogP contribution in [0.3, 0.4) is 0 Å². The Kier molecular flexibility index (Phi) is 3.95. The quantitative estimate of drug-likeness (QED) is 0.557. The molecule has 0 fully saturated rings. The molecule has 2 aromatic heterocycles. The maximum Gasteiger partial charge on any atom is 0.262 e. The Hall–Kier alpha value is -2.55. The first kappa shape index (κ1) is 15.3. The van der Waals surface area contributed by atoms with E-state index in [1.807, 2.05) is 0 Å². The van der Waals surface area contributed by atoms with Crippen LogP contribution < -0.4 is 10.9 Å². The monoisotopic (exact) mass is 335 g/mol. The van der Waals surface area contributed by atoms with Gasteiger partial charge in [-0.25, -0.2) is 9.49 Å². The zero-order valence-corrected chi connectivity index (χ0v) is 13.1. The largest absolute Gasteiger partial charge is 0.356 e. The van der Waals surface area contributed by atoms with Crippen LogP contribution in [0.15, 0.2) is 23.0 Å². The number of aryl methyl sites for hydroxylation is 1. The van der Waals surface area contributed by atoms with Crippen LogP contribution in [-0.2, 0) is 11.3 Å². The number of rotatable bonds is 4. The highest BCUT2D eigenvalue weighted by atomic mass is 32.1. The van der Waals surface area contributed by atoms with Gasteiger partial charge in [0.15, 0.2) is 0 Å². The number of aromatic nitrogens is 4. The topological polar surface area (TPSA) is 84.2 Å². The van der Waals surface area contributed by atoms with Crippen molar-refractivity contribution in [1.82, 2.24) is 24.5 Å². The molecule has 1 amide bonds. The van der Waals surface area contributed by atoms with Gasteiger partial charge in [-0.1, -0.05) is 0 Å². The van der Waals surface area contributed by atoms with Gasteiger partial charge in [-0.15, -0.1) is 5.10 Å². The number of carbonyl (C=O) groups is 1. The van der Waals surface area contributed by atoms with E-state index in [2.05, 4.69) is 15.5 Å². The summed E-state index contributed by atoms with van der Waals surface area (Å²) in [5.41, 5.74) is 0.159. The van der Waals surface area contributed by atoms with Crippen LogP contribution in [0, 0.1) is 10.6 Å². The molecule has 2 heterocycles. The number of nitrogens with one attached hydrogen (secondary N) is 2. The highest BCUT2D eigenvalue weighted by molar-refractivity contribution is 7.71. The predicted molar refractivity (Wildman–Crippen MR) is 85.4 cm³/mol. The number of amides is 1. The van der Waals surface area contributed by atoms with E-state index < -0.39 is 5.82 Å². The van der Waals surface area contributed by atoms with E-state index in [0.29, 0.717) is 35.6 Å². The van der Waals surface area contributed by atoms with Gasteiger partial charge in [0.1, 0.15) is 5.82 Å². The van der Waals surface area contributed by atoms with Gasteiger partial charge in [0.05, 0.1) is 10.9 Å². The highest BCUT2D eigenvalue weighted by Gasteiger charge is 2.13. The summed E-state index contributed by atoms with van der Waals surface area (Å²) in [4.78, 5) is 23.5. The average Bonchev–Trinajstić information content (AvgIpc) is 2.88. The van der Waals surface area contributed by atoms with E-state index in [1.54, 1.807) is 4.40 Å². The molecule has 0 saturated heterocycles. The molecule has 120 valence electrons. The van der Waals surface area contributed by atoms with Gasteiger partial charge >= 0.3 is 0 Å². The fourth-order valence-corrected chi connectivity index (χ4v) is 2.73. The average molecular weight is 335 g/mol. The smallest absolute Gasteiger partial charge is 0.262 e. The van der Waals surface area contributed by atoms with Crippen molar-refractivity contribution < 1.29 is 9.18 Å². The Balaban J connectivity index is 2.15. The first-order chi connectivity index (χ1) is 11.0. The lowest BCUT2D eigenvalue weighted by Gasteiger charge is -2.10. The minimum absolute atomic E-state index is 0.134. The number of H-pyrrole nitrogens is 1. The summed E-state index contributed by atoms with van der Waals surface area (Å²) in [6.45, 7) is 2.19. The van der Waals surface area contributed by atoms with Gasteiger partial charge in [0.25, 0.3) is 5.56 Å². The fourth-order valence-electron chi connectivity index (χ4n) is 2.50. The lowest BCUT2D eigenvalue weighted by atomic mass is 10.2. The molecule has 0 saturated carbocycles. The van der Waals surface area contributed by atoms with E-state index in [0.717, 1.165) is 0 Å². The molecule has 0 aliphatic rings. The molecular weight excluding hydrogens is 321 g/mol. The summed E-state index contributed by atoms with van der Waals surface area (Å²) < 4.78 is 16.9. The molecule has 0 radical (unpaired) electrons. The van der Waals surface area contributed by atoms with E-state index >= 15 is 0 Å². The Morgan fingerprint density at radius 1 is 1.48 bits per heavy atom. The number of hydrogen-bond acceptors (Lipinski definition) is 4. The van der Waals surface area contributed by atoms with Crippen LogP contribution in [0.2, 0.25) is 0 Å². The number of fused-ring (bicyclic) bond motifs is 3. The normalized spacial score (nSPS) is 11.2. The molecule has 3 rings (SSSR count). The zero-order valence-electron chi connectivity index (χ0n) is 12.3. The summed E-state index contributed by atoms with van der Waals surface area (Å²) in [6, 6.07) is 3.97. The number of benzene rings is 1. The lowest BCUT2D eigenvalue weighted by molar-refractivity contribution is -0.118. The molecule has 0 bridgehead atoms. The van der Waals surface area contributed by atoms with E-state index in [4.69, 9.17) is 12.2 Å². The minimum Gasteiger partial charge on any atom is -0.356 e. The van der Waals surface area contributed by atoms with Crippen LogP contribution in [0.25, 0.3) is 16.7 Å². The first-order valence-electron chi connectivity index (χ1n) is 7.02. The van der Waals surface area contributed by atoms with Crippen LogP contribution in [0.4, 0.5) is 4.39 Å². The Morgan fingerprint density at radius 3 is 3.00 bits per heavy atom. The van der Waals surface area contributed by atoms with Crippen molar-refractivity contribution in [2.75, 3.05) is 6.54 Å². The second-order valence-electron chi connectivity index (χ2n) is 5.12. The van der Waals surface area contributed by atoms with Gasteiger partial charge in [0.2, 0.25) is 16.5 Å². The fraction of sp³-hybridized carbons (Fsp3) is 0.286. The van der Waals surface area contributed by atoms with Gasteiger partial charge in [-0.2, -0.15) is 0 Å². The summed E-state index contributed by atoms with van der Waals surface area (Å²) in [6.07, 6.45) is 0.537. The van der Waals surface area contributed by atoms with Crippen LogP contribution in [0.5, 0.6) is 0 Å². The maximum absolute atomic E-state index is 13.5. The van der Waals surface area contributed by atoms with E-state index in [1.165, 1.54) is 29.7 Å². The molecule has 3 aromatic rings. The second-order valence-corrected chi connectivity index (χ2v) is 5.51. The van der Waals surface area contributed by atoms with E-state index in [-0.39, 0.29) is 16.9 Å². The Morgan fingerprint density at radius 2 is 2.26 bits per heavy atom. The number of nitrogens with zero attached hydrogens (tertiary/aromatic N) is 3. The predicted octanol–water partition coefficient (Wildman–Crippen LogP) is 1.37. The molecule has 0 aliphatic heterocycles. The third-order valence-corrected chi connectivity index (χ3v) is 3.78. The molecule has 0 aliphatic carbocycles. The van der Waals surface area contributed by atoms with Gasteiger partial charge in [-0.3, -0.25) is 18.6 Å². The van der Waals surface area contributed by atoms with Crippen molar-refractivity contribution in [2.24, 2.45) is 0 Å². The number of hydrogen-bond donors (Lipinski definition) is 2. The van der Waals surface area contributed by atoms with Gasteiger partial charge in [-0.05, 0) is 36.8 Å². The molecule has 23 heavy (non-hydrogen) atoms. The highest BCUT2D eigenvalue weighted by Crippen LogP contribution is 2.14. The van der Waals surface area contributed by atoms with Crippen molar-refractivity contribution in [3.05, 3.63) is 39.1 Å². The molecule has 2 N–H and O–H groups in total. The number of carbonyl (C=O) groups excluding carboxylic acids is 1. The summed E-state index contributed by atoms with van der Waals surface area (Å²) in [5.74, 6) is -0.263. The van der Waals surface area contributed by atoms with Gasteiger partial charge < -0.3 is 5.32 Å². The second kappa shape index (κ2) is 5.92. The van der Waals surface area contributed by atoms with Crippen molar-refractivity contribution in [3.63, 3.8) is 0 Å².